The molecule has 0 N–H and O–H groups in total. The summed E-state index contributed by atoms with van der Waals surface area (Å²) in [4.78, 5) is 31.2. The van der Waals surface area contributed by atoms with Crippen LogP contribution in [0.2, 0.25) is 0 Å². The number of amides is 1. The van der Waals surface area contributed by atoms with Gasteiger partial charge < -0.3 is 9.47 Å². The van der Waals surface area contributed by atoms with Crippen LogP contribution in [0, 0.1) is 5.92 Å². The molecule has 1 aromatic carbocycles. The molecular formula is C24H29N3O2S2. The molecule has 2 aromatic rings. The van der Waals surface area contributed by atoms with Gasteiger partial charge in [0, 0.05) is 31.6 Å². The summed E-state index contributed by atoms with van der Waals surface area (Å²) in [5.74, 6) is 0.585. The van der Waals surface area contributed by atoms with E-state index in [2.05, 4.69) is 17.9 Å². The summed E-state index contributed by atoms with van der Waals surface area (Å²) in [6.07, 6.45) is 4.80. The molecular weight excluding hydrogens is 426 g/mol. The van der Waals surface area contributed by atoms with Crippen molar-refractivity contribution in [3.05, 3.63) is 45.1 Å². The van der Waals surface area contributed by atoms with Crippen molar-refractivity contribution >= 4 is 56.9 Å². The van der Waals surface area contributed by atoms with Crippen molar-refractivity contribution in [2.45, 2.75) is 46.1 Å². The Morgan fingerprint density at radius 3 is 2.58 bits per heavy atom. The van der Waals surface area contributed by atoms with Crippen LogP contribution >= 0.6 is 24.0 Å². The maximum absolute atomic E-state index is 13.5. The second-order valence-electron chi connectivity index (χ2n) is 8.62. The van der Waals surface area contributed by atoms with Crippen molar-refractivity contribution < 1.29 is 4.79 Å². The SMILES string of the molecule is CCC(C)N1C(=O)C(=Cc2c(N3CCC(C)CC3)c3ccccc3n(C)c2=O)SC1=S. The number of aryl methyl sites for hydroxylation is 1. The lowest BCUT2D eigenvalue weighted by molar-refractivity contribution is -0.123. The average Bonchev–Trinajstić information content (AvgIpc) is 3.05. The predicted octanol–water partition coefficient (Wildman–Crippen LogP) is 4.77. The Balaban J connectivity index is 1.90. The molecule has 0 aliphatic carbocycles. The second kappa shape index (κ2) is 8.79. The van der Waals surface area contributed by atoms with Gasteiger partial charge in [-0.05, 0) is 44.2 Å². The maximum Gasteiger partial charge on any atom is 0.266 e. The Kier molecular flexibility index (Phi) is 6.26. The van der Waals surface area contributed by atoms with E-state index in [1.807, 2.05) is 32.0 Å². The van der Waals surface area contributed by atoms with Gasteiger partial charge in [0.15, 0.2) is 0 Å². The monoisotopic (exact) mass is 455 g/mol. The molecule has 5 nitrogen and oxygen atoms in total. The van der Waals surface area contributed by atoms with E-state index in [1.165, 1.54) is 11.8 Å². The molecule has 2 aliphatic heterocycles. The van der Waals surface area contributed by atoms with Gasteiger partial charge in [0.25, 0.3) is 11.5 Å². The summed E-state index contributed by atoms with van der Waals surface area (Å²) in [5, 5.41) is 1.04. The minimum Gasteiger partial charge on any atom is -0.370 e. The number of piperidine rings is 1. The van der Waals surface area contributed by atoms with E-state index in [0.717, 1.165) is 48.9 Å². The molecule has 4 rings (SSSR count). The highest BCUT2D eigenvalue weighted by atomic mass is 32.2. The van der Waals surface area contributed by atoms with Gasteiger partial charge in [-0.1, -0.05) is 56.0 Å². The molecule has 2 aliphatic rings. The number of thioether (sulfide) groups is 1. The minimum atomic E-state index is -0.0993. The van der Waals surface area contributed by atoms with Crippen LogP contribution in [0.25, 0.3) is 17.0 Å². The molecule has 1 atom stereocenters. The molecule has 0 bridgehead atoms. The molecule has 7 heteroatoms. The standard InChI is InChI=1S/C24H29N3O2S2/c1-5-16(3)27-23(29)20(31-24(27)30)14-18-21(26-12-10-15(2)11-13-26)17-8-6-7-9-19(17)25(4)22(18)28/h6-9,14-16H,5,10-13H2,1-4H3. The highest BCUT2D eigenvalue weighted by Gasteiger charge is 2.35. The van der Waals surface area contributed by atoms with Gasteiger partial charge in [-0.2, -0.15) is 0 Å². The van der Waals surface area contributed by atoms with Crippen molar-refractivity contribution in [2.75, 3.05) is 18.0 Å². The third kappa shape index (κ3) is 3.94. The van der Waals surface area contributed by atoms with Crippen LogP contribution in [0.3, 0.4) is 0 Å². The van der Waals surface area contributed by atoms with E-state index in [0.29, 0.717) is 20.7 Å². The average molecular weight is 456 g/mol. The van der Waals surface area contributed by atoms with Crippen molar-refractivity contribution in [1.29, 1.82) is 0 Å². The van der Waals surface area contributed by atoms with Gasteiger partial charge >= 0.3 is 0 Å². The zero-order chi connectivity index (χ0) is 22.3. The summed E-state index contributed by atoms with van der Waals surface area (Å²) in [5.41, 5.74) is 2.35. The molecule has 1 aromatic heterocycles. The molecule has 2 saturated heterocycles. The highest BCUT2D eigenvalue weighted by Crippen LogP contribution is 2.38. The summed E-state index contributed by atoms with van der Waals surface area (Å²) in [7, 11) is 1.80. The van der Waals surface area contributed by atoms with E-state index in [9.17, 15) is 9.59 Å². The molecule has 1 unspecified atom stereocenters. The molecule has 1 amide bonds. The van der Waals surface area contributed by atoms with E-state index in [-0.39, 0.29) is 17.5 Å². The Bertz CT molecular complexity index is 1130. The number of carbonyl (C=O) groups is 1. The fourth-order valence-corrected chi connectivity index (χ4v) is 5.82. The van der Waals surface area contributed by atoms with Crippen LogP contribution in [0.15, 0.2) is 34.0 Å². The highest BCUT2D eigenvalue weighted by molar-refractivity contribution is 8.26. The minimum absolute atomic E-state index is 0.0425. The molecule has 2 fully saturated rings. The van der Waals surface area contributed by atoms with E-state index in [1.54, 1.807) is 22.6 Å². The lowest BCUT2D eigenvalue weighted by atomic mass is 9.97. The van der Waals surface area contributed by atoms with Crippen molar-refractivity contribution in [3.63, 3.8) is 0 Å². The number of aromatic nitrogens is 1. The van der Waals surface area contributed by atoms with Crippen LogP contribution < -0.4 is 10.5 Å². The lowest BCUT2D eigenvalue weighted by Crippen LogP contribution is -2.36. The van der Waals surface area contributed by atoms with E-state index in [4.69, 9.17) is 12.2 Å². The first-order valence-electron chi connectivity index (χ1n) is 11.0. The third-order valence-corrected chi connectivity index (χ3v) is 7.87. The van der Waals surface area contributed by atoms with Crippen LogP contribution in [0.4, 0.5) is 5.69 Å². The molecule has 164 valence electrons. The number of fused-ring (bicyclic) bond motifs is 1. The zero-order valence-corrected chi connectivity index (χ0v) is 20.2. The third-order valence-electron chi connectivity index (χ3n) is 6.54. The molecule has 3 heterocycles. The zero-order valence-electron chi connectivity index (χ0n) is 18.6. The van der Waals surface area contributed by atoms with Crippen molar-refractivity contribution in [3.8, 4) is 0 Å². The van der Waals surface area contributed by atoms with Crippen LogP contribution in [0.1, 0.15) is 45.6 Å². The Morgan fingerprint density at radius 2 is 1.90 bits per heavy atom. The quantitative estimate of drug-likeness (QED) is 0.491. The maximum atomic E-state index is 13.5. The van der Waals surface area contributed by atoms with E-state index < -0.39 is 0 Å². The van der Waals surface area contributed by atoms with Crippen LogP contribution in [-0.4, -0.2) is 38.8 Å². The second-order valence-corrected chi connectivity index (χ2v) is 10.3. The number of nitrogens with zero attached hydrogens (tertiary/aromatic N) is 3. The normalized spacial score (nSPS) is 20.3. The summed E-state index contributed by atoms with van der Waals surface area (Å²) in [6.45, 7) is 8.14. The smallest absolute Gasteiger partial charge is 0.266 e. The molecule has 0 radical (unpaired) electrons. The molecule has 0 saturated carbocycles. The summed E-state index contributed by atoms with van der Waals surface area (Å²) in [6, 6.07) is 8.07. The first-order valence-corrected chi connectivity index (χ1v) is 12.2. The number of hydrogen-bond donors (Lipinski definition) is 0. The fourth-order valence-electron chi connectivity index (χ4n) is 4.38. The van der Waals surface area contributed by atoms with Crippen molar-refractivity contribution in [1.82, 2.24) is 9.47 Å². The lowest BCUT2D eigenvalue weighted by Gasteiger charge is -2.34. The Labute approximate surface area is 193 Å². The summed E-state index contributed by atoms with van der Waals surface area (Å²) >= 11 is 6.79. The number of thiocarbonyl (C=S) groups is 1. The van der Waals surface area contributed by atoms with Gasteiger partial charge in [0.2, 0.25) is 0 Å². The van der Waals surface area contributed by atoms with Crippen LogP contribution in [0.5, 0.6) is 0 Å². The first kappa shape index (κ1) is 22.1. The molecule has 31 heavy (non-hydrogen) atoms. The Morgan fingerprint density at radius 1 is 1.23 bits per heavy atom. The topological polar surface area (TPSA) is 45.6 Å². The number of carbonyl (C=O) groups excluding carboxylic acids is 1. The Hall–Kier alpha value is -2.12. The van der Waals surface area contributed by atoms with Gasteiger partial charge in [-0.15, -0.1) is 0 Å². The fraction of sp³-hybridized carbons (Fsp3) is 0.458. The van der Waals surface area contributed by atoms with Crippen LogP contribution in [-0.2, 0) is 11.8 Å². The predicted molar refractivity (Wildman–Crippen MR) is 135 cm³/mol. The number of rotatable bonds is 4. The number of para-hydroxylation sites is 1. The number of pyridine rings is 1. The number of hydrogen-bond acceptors (Lipinski definition) is 5. The van der Waals surface area contributed by atoms with Crippen molar-refractivity contribution in [2.24, 2.45) is 13.0 Å². The van der Waals surface area contributed by atoms with E-state index >= 15 is 0 Å². The summed E-state index contributed by atoms with van der Waals surface area (Å²) < 4.78 is 2.25. The van der Waals surface area contributed by atoms with Gasteiger partial charge in [0.05, 0.1) is 21.7 Å². The number of benzene rings is 1. The number of anilines is 1. The van der Waals surface area contributed by atoms with Gasteiger partial charge in [0.1, 0.15) is 4.32 Å². The largest absolute Gasteiger partial charge is 0.370 e. The van der Waals surface area contributed by atoms with Gasteiger partial charge in [-0.25, -0.2) is 0 Å². The molecule has 0 spiro atoms. The van der Waals surface area contributed by atoms with Gasteiger partial charge in [-0.3, -0.25) is 14.5 Å². The first-order chi connectivity index (χ1) is 14.8.